The molecule has 1 aromatic carbocycles. The van der Waals surface area contributed by atoms with E-state index < -0.39 is 0 Å². The number of aromatic nitrogens is 4. The maximum Gasteiger partial charge on any atom is 0.226 e. The zero-order chi connectivity index (χ0) is 25.8. The normalized spacial score (nSPS) is 20.2. The van der Waals surface area contributed by atoms with Gasteiger partial charge in [0.2, 0.25) is 5.91 Å². The Labute approximate surface area is 226 Å². The van der Waals surface area contributed by atoms with Crippen LogP contribution in [0.25, 0.3) is 21.1 Å². The van der Waals surface area contributed by atoms with Crippen LogP contribution >= 0.6 is 11.3 Å². The van der Waals surface area contributed by atoms with E-state index in [9.17, 15) is 4.79 Å². The molecule has 7 rings (SSSR count). The topological polar surface area (TPSA) is 93.3 Å². The Balaban J connectivity index is 1.22. The standard InChI is InChI=1S/C28H34N8OS/c1-34(2)19-6-10-35(11-7-19)23-14-21-18(15-31-33-21)12-22(23)32-26-25-20-5-4-17(28(37)36-8-3-9-36)13-24(20)38-27(25)30-16-29-26/h12,14-17,19H,3-11,13H2,1-2H3,(H,31,33)(H,29,30,32)/t17-/m0/s1. The zero-order valence-electron chi connectivity index (χ0n) is 22.0. The number of amides is 1. The number of likely N-dealkylation sites (tertiary alicyclic amines) is 1. The molecule has 0 spiro atoms. The number of hydrogen-bond acceptors (Lipinski definition) is 8. The minimum absolute atomic E-state index is 0.0976. The van der Waals surface area contributed by atoms with Crippen molar-refractivity contribution in [3.63, 3.8) is 0 Å². The lowest BCUT2D eigenvalue weighted by Gasteiger charge is -2.37. The molecule has 5 heterocycles. The van der Waals surface area contributed by atoms with Crippen molar-refractivity contribution in [3.8, 4) is 0 Å². The Morgan fingerprint density at radius 2 is 1.97 bits per heavy atom. The fourth-order valence-corrected chi connectivity index (χ4v) is 7.57. The van der Waals surface area contributed by atoms with Gasteiger partial charge in [-0.15, -0.1) is 11.3 Å². The largest absolute Gasteiger partial charge is 0.370 e. The summed E-state index contributed by atoms with van der Waals surface area (Å²) in [5.74, 6) is 1.28. The van der Waals surface area contributed by atoms with Gasteiger partial charge in [0.25, 0.3) is 0 Å². The Morgan fingerprint density at radius 1 is 1.13 bits per heavy atom. The predicted octanol–water partition coefficient (Wildman–Crippen LogP) is 4.18. The van der Waals surface area contributed by atoms with Crippen LogP contribution in [0.3, 0.4) is 0 Å². The highest BCUT2D eigenvalue weighted by Gasteiger charge is 2.33. The van der Waals surface area contributed by atoms with E-state index >= 15 is 0 Å². The Hall–Kier alpha value is -3.24. The van der Waals surface area contributed by atoms with E-state index in [0.29, 0.717) is 11.9 Å². The molecule has 198 valence electrons. The summed E-state index contributed by atoms with van der Waals surface area (Å²) < 4.78 is 0. The summed E-state index contributed by atoms with van der Waals surface area (Å²) in [4.78, 5) is 31.4. The Kier molecular flexibility index (Phi) is 5.96. The molecule has 2 aliphatic heterocycles. The van der Waals surface area contributed by atoms with Crippen LogP contribution in [-0.2, 0) is 17.6 Å². The summed E-state index contributed by atoms with van der Waals surface area (Å²) in [7, 11) is 4.35. The van der Waals surface area contributed by atoms with Crippen molar-refractivity contribution in [1.29, 1.82) is 0 Å². The number of anilines is 3. The molecule has 4 aromatic rings. The fourth-order valence-electron chi connectivity index (χ4n) is 6.30. The van der Waals surface area contributed by atoms with E-state index in [4.69, 9.17) is 4.98 Å². The third-order valence-electron chi connectivity index (χ3n) is 8.71. The predicted molar refractivity (Wildman–Crippen MR) is 152 cm³/mol. The van der Waals surface area contributed by atoms with E-state index in [1.54, 1.807) is 17.7 Å². The third kappa shape index (κ3) is 4.10. The summed E-state index contributed by atoms with van der Waals surface area (Å²) in [5, 5.41) is 13.3. The van der Waals surface area contributed by atoms with Gasteiger partial charge >= 0.3 is 0 Å². The van der Waals surface area contributed by atoms with E-state index in [1.807, 2.05) is 11.1 Å². The number of rotatable bonds is 5. The minimum Gasteiger partial charge on any atom is -0.370 e. The highest BCUT2D eigenvalue weighted by molar-refractivity contribution is 7.19. The molecule has 0 unspecified atom stereocenters. The maximum absolute atomic E-state index is 12.9. The molecule has 0 radical (unpaired) electrons. The molecule has 38 heavy (non-hydrogen) atoms. The van der Waals surface area contributed by atoms with E-state index in [1.165, 1.54) is 16.1 Å². The molecule has 10 heteroatoms. The number of hydrogen-bond donors (Lipinski definition) is 2. The average Bonchev–Trinajstić information content (AvgIpc) is 3.51. The maximum atomic E-state index is 12.9. The molecule has 0 saturated carbocycles. The van der Waals surface area contributed by atoms with Crippen molar-refractivity contribution >= 4 is 55.6 Å². The van der Waals surface area contributed by atoms with Gasteiger partial charge in [-0.25, -0.2) is 9.97 Å². The summed E-state index contributed by atoms with van der Waals surface area (Å²) >= 11 is 1.73. The number of carbonyl (C=O) groups excluding carboxylic acids is 1. The molecular formula is C28H34N8OS. The van der Waals surface area contributed by atoms with Crippen molar-refractivity contribution in [2.75, 3.05) is 50.5 Å². The molecule has 3 aliphatic rings. The van der Waals surface area contributed by atoms with Gasteiger partial charge in [0.1, 0.15) is 17.0 Å². The molecule has 1 amide bonds. The molecule has 2 fully saturated rings. The lowest BCUT2D eigenvalue weighted by atomic mass is 9.86. The fraction of sp³-hybridized carbons (Fsp3) is 0.500. The molecule has 1 atom stereocenters. The van der Waals surface area contributed by atoms with Gasteiger partial charge in [-0.1, -0.05) is 0 Å². The smallest absolute Gasteiger partial charge is 0.226 e. The second kappa shape index (κ2) is 9.50. The van der Waals surface area contributed by atoms with E-state index in [-0.39, 0.29) is 5.92 Å². The van der Waals surface area contributed by atoms with Gasteiger partial charge < -0.3 is 20.0 Å². The molecule has 1 aliphatic carbocycles. The SMILES string of the molecule is CN(C)C1CCN(c2cc3[nH]ncc3cc2Nc2ncnc3sc4c(c23)CC[C@H](C(=O)N2CCC2)C4)CC1. The van der Waals surface area contributed by atoms with Gasteiger partial charge in [-0.3, -0.25) is 9.89 Å². The summed E-state index contributed by atoms with van der Waals surface area (Å²) in [6.07, 6.45) is 9.56. The summed E-state index contributed by atoms with van der Waals surface area (Å²) in [6.45, 7) is 3.86. The van der Waals surface area contributed by atoms with Crippen LogP contribution in [0.5, 0.6) is 0 Å². The lowest BCUT2D eigenvalue weighted by Crippen LogP contribution is -2.46. The molecule has 2 saturated heterocycles. The number of piperidine rings is 1. The van der Waals surface area contributed by atoms with Crippen molar-refractivity contribution in [3.05, 3.63) is 35.1 Å². The Bertz CT molecular complexity index is 1500. The Morgan fingerprint density at radius 3 is 2.74 bits per heavy atom. The first-order valence-electron chi connectivity index (χ1n) is 13.7. The quantitative estimate of drug-likeness (QED) is 0.400. The van der Waals surface area contributed by atoms with Crippen LogP contribution in [-0.4, -0.2) is 82.2 Å². The van der Waals surface area contributed by atoms with Gasteiger partial charge in [0.05, 0.1) is 28.5 Å². The van der Waals surface area contributed by atoms with E-state index in [0.717, 1.165) is 97.3 Å². The van der Waals surface area contributed by atoms with Gasteiger partial charge in [0.15, 0.2) is 0 Å². The first kappa shape index (κ1) is 23.8. The van der Waals surface area contributed by atoms with Gasteiger partial charge in [0, 0.05) is 48.4 Å². The van der Waals surface area contributed by atoms with Crippen LogP contribution in [0.2, 0.25) is 0 Å². The van der Waals surface area contributed by atoms with Crippen LogP contribution in [0.4, 0.5) is 17.2 Å². The molecule has 9 nitrogen and oxygen atoms in total. The average molecular weight is 531 g/mol. The third-order valence-corrected chi connectivity index (χ3v) is 9.87. The second-order valence-corrected chi connectivity index (χ2v) is 12.2. The van der Waals surface area contributed by atoms with Crippen LogP contribution in [0.1, 0.15) is 36.1 Å². The molecular weight excluding hydrogens is 496 g/mol. The highest BCUT2D eigenvalue weighted by atomic mass is 32.1. The van der Waals surface area contributed by atoms with Crippen LogP contribution in [0.15, 0.2) is 24.7 Å². The monoisotopic (exact) mass is 530 g/mol. The number of fused-ring (bicyclic) bond motifs is 4. The molecule has 0 bridgehead atoms. The number of aromatic amines is 1. The summed E-state index contributed by atoms with van der Waals surface area (Å²) in [5.41, 5.74) is 4.58. The van der Waals surface area contributed by atoms with Crippen molar-refractivity contribution in [2.45, 2.75) is 44.6 Å². The van der Waals surface area contributed by atoms with Crippen LogP contribution in [0, 0.1) is 5.92 Å². The van der Waals surface area contributed by atoms with Crippen molar-refractivity contribution in [1.82, 2.24) is 30.0 Å². The summed E-state index contributed by atoms with van der Waals surface area (Å²) in [6, 6.07) is 5.02. The first-order valence-corrected chi connectivity index (χ1v) is 14.6. The number of nitrogens with zero attached hydrogens (tertiary/aromatic N) is 6. The molecule has 3 aromatic heterocycles. The number of H-pyrrole nitrogens is 1. The number of thiophene rings is 1. The zero-order valence-corrected chi connectivity index (χ0v) is 22.9. The first-order chi connectivity index (χ1) is 18.5. The number of nitrogens with one attached hydrogen (secondary N) is 2. The van der Waals surface area contributed by atoms with Crippen LogP contribution < -0.4 is 10.2 Å². The van der Waals surface area contributed by atoms with Gasteiger partial charge in [-0.05, 0) is 70.3 Å². The minimum atomic E-state index is 0.0976. The second-order valence-electron chi connectivity index (χ2n) is 11.2. The number of aryl methyl sites for hydroxylation is 1. The molecule has 2 N–H and O–H groups in total. The lowest BCUT2D eigenvalue weighted by molar-refractivity contribution is -0.139. The van der Waals surface area contributed by atoms with Crippen molar-refractivity contribution < 1.29 is 4.79 Å². The number of carbonyl (C=O) groups is 1. The van der Waals surface area contributed by atoms with Gasteiger partial charge in [-0.2, -0.15) is 5.10 Å². The highest BCUT2D eigenvalue weighted by Crippen LogP contribution is 2.42. The van der Waals surface area contributed by atoms with E-state index in [2.05, 4.69) is 56.5 Å². The van der Waals surface area contributed by atoms with Crippen molar-refractivity contribution in [2.24, 2.45) is 5.92 Å². The number of benzene rings is 1.